The predicted molar refractivity (Wildman–Crippen MR) is 112 cm³/mol. The summed E-state index contributed by atoms with van der Waals surface area (Å²) in [5.41, 5.74) is 4.25. The maximum Gasteiger partial charge on any atom is 0.118 e. The Morgan fingerprint density at radius 2 is 0.960 bits per heavy atom. The molecule has 0 saturated heterocycles. The first kappa shape index (κ1) is 29.1. The molecule has 2 N–H and O–H groups in total. The van der Waals surface area contributed by atoms with Gasteiger partial charge in [0.2, 0.25) is 0 Å². The van der Waals surface area contributed by atoms with E-state index in [1.165, 1.54) is 11.1 Å². The van der Waals surface area contributed by atoms with Gasteiger partial charge in [0.25, 0.3) is 0 Å². The molecule has 142 valence electrons. The number of phenolic OH excluding ortho intramolecular Hbond substituents is 2. The van der Waals surface area contributed by atoms with Crippen LogP contribution in [0.4, 0.5) is 0 Å². The molecule has 0 aliphatic heterocycles. The van der Waals surface area contributed by atoms with Crippen molar-refractivity contribution < 1.29 is 27.6 Å². The van der Waals surface area contributed by atoms with Crippen LogP contribution >= 0.6 is 21.6 Å². The Kier molecular flexibility index (Phi) is 15.7. The number of hydrogen-bond acceptors (Lipinski definition) is 2. The minimum absolute atomic E-state index is 0. The smallest absolute Gasteiger partial charge is 0.118 e. The Hall–Kier alpha value is -0.708. The van der Waals surface area contributed by atoms with Crippen molar-refractivity contribution in [3.63, 3.8) is 0 Å². The molecule has 0 aromatic heterocycles. The van der Waals surface area contributed by atoms with Gasteiger partial charge in [-0.2, -0.15) is 0 Å². The summed E-state index contributed by atoms with van der Waals surface area (Å²) in [6.45, 7) is 14.2. The van der Waals surface area contributed by atoms with E-state index in [-0.39, 0.29) is 29.8 Å². The van der Waals surface area contributed by atoms with Gasteiger partial charge in [-0.1, -0.05) is 56.2 Å². The van der Waals surface area contributed by atoms with Crippen molar-refractivity contribution >= 4 is 21.6 Å². The van der Waals surface area contributed by atoms with Crippen LogP contribution in [0.15, 0.2) is 36.4 Å². The minimum atomic E-state index is 0. The Morgan fingerprint density at radius 3 is 1.12 bits per heavy atom. The molecule has 0 spiro atoms. The molecule has 5 heteroatoms. The molecule has 0 amide bonds. The summed E-state index contributed by atoms with van der Waals surface area (Å²) in [6.07, 6.45) is 0. The van der Waals surface area contributed by atoms with Crippen LogP contribution in [0.3, 0.4) is 0 Å². The average Bonchev–Trinajstić information content (AvgIpc) is 2.38. The van der Waals surface area contributed by atoms with Crippen molar-refractivity contribution in [2.24, 2.45) is 0 Å². The Labute approximate surface area is 172 Å². The van der Waals surface area contributed by atoms with Gasteiger partial charge in [0.1, 0.15) is 11.5 Å². The van der Waals surface area contributed by atoms with Gasteiger partial charge in [-0.05, 0) is 56.1 Å². The van der Waals surface area contributed by atoms with Gasteiger partial charge in [0.15, 0.2) is 0 Å². The normalized spacial score (nSPS) is 9.28. The fourth-order valence-electron chi connectivity index (χ4n) is 1.61. The summed E-state index contributed by atoms with van der Waals surface area (Å²) in [6, 6.07) is 11.1. The molecule has 2 aromatic carbocycles. The number of rotatable bonds is 0. The van der Waals surface area contributed by atoms with Crippen LogP contribution in [0.2, 0.25) is 0 Å². The van der Waals surface area contributed by atoms with E-state index in [1.54, 1.807) is 12.1 Å². The second-order valence-corrected chi connectivity index (χ2v) is 8.68. The summed E-state index contributed by atoms with van der Waals surface area (Å²) in [4.78, 5) is 0. The second kappa shape index (κ2) is 13.5. The van der Waals surface area contributed by atoms with Crippen LogP contribution in [0.25, 0.3) is 0 Å². The first-order chi connectivity index (χ1) is 10.4. The molecule has 2 nitrogen and oxygen atoms in total. The third kappa shape index (κ3) is 16.5. The summed E-state index contributed by atoms with van der Waals surface area (Å²) in [7, 11) is 2.72. The molecule has 2 aromatic rings. The fourth-order valence-corrected chi connectivity index (χ4v) is 1.61. The molecule has 0 saturated carbocycles. The largest absolute Gasteiger partial charge is 0.508 e. The van der Waals surface area contributed by atoms with Crippen molar-refractivity contribution in [2.75, 3.05) is 0 Å². The Balaban J connectivity index is -0.000000291. The fraction of sp³-hybridized carbons (Fsp3) is 0.400. The SMILES string of the molecule is CC(C)(C)P.Cc1ccc(O)c(C)c1.Cc1ccc(O)c(C)c1.Cl.[Cr]. The van der Waals surface area contributed by atoms with Crippen LogP contribution in [-0.2, 0) is 17.4 Å². The summed E-state index contributed by atoms with van der Waals surface area (Å²) in [5, 5.41) is 18.5. The molecule has 1 atom stereocenters. The van der Waals surface area contributed by atoms with Gasteiger partial charge in [-0.15, -0.1) is 21.6 Å². The van der Waals surface area contributed by atoms with Gasteiger partial charge in [-0.3, -0.25) is 0 Å². The molecule has 0 heterocycles. The Morgan fingerprint density at radius 1 is 0.720 bits per heavy atom. The van der Waals surface area contributed by atoms with Gasteiger partial charge in [-0.25, -0.2) is 0 Å². The maximum atomic E-state index is 9.04. The summed E-state index contributed by atoms with van der Waals surface area (Å²) in [5.74, 6) is 0.751. The van der Waals surface area contributed by atoms with Crippen LogP contribution in [0, 0.1) is 27.7 Å². The molecule has 0 aliphatic rings. The topological polar surface area (TPSA) is 40.5 Å². The molecule has 1 unspecified atom stereocenters. The molecule has 0 aliphatic carbocycles. The van der Waals surface area contributed by atoms with Crippen LogP contribution in [-0.4, -0.2) is 15.4 Å². The van der Waals surface area contributed by atoms with Crippen LogP contribution in [0.1, 0.15) is 43.0 Å². The van der Waals surface area contributed by atoms with E-state index in [9.17, 15) is 0 Å². The van der Waals surface area contributed by atoms with E-state index in [0.29, 0.717) is 16.7 Å². The van der Waals surface area contributed by atoms with Crippen molar-refractivity contribution in [3.05, 3.63) is 58.7 Å². The van der Waals surface area contributed by atoms with Crippen LogP contribution < -0.4 is 0 Å². The minimum Gasteiger partial charge on any atom is -0.508 e. The van der Waals surface area contributed by atoms with Gasteiger partial charge >= 0.3 is 0 Å². The van der Waals surface area contributed by atoms with Gasteiger partial charge in [0.05, 0.1) is 0 Å². The third-order valence-corrected chi connectivity index (χ3v) is 2.70. The van der Waals surface area contributed by atoms with Crippen molar-refractivity contribution in [1.29, 1.82) is 0 Å². The van der Waals surface area contributed by atoms with E-state index < -0.39 is 0 Å². The summed E-state index contributed by atoms with van der Waals surface area (Å²) >= 11 is 0. The molecule has 0 radical (unpaired) electrons. The number of aryl methyl sites for hydroxylation is 4. The standard InChI is InChI=1S/2C8H10O.C4H11P.ClH.Cr/c2*1-6-3-4-8(9)7(2)5-6;1-4(2,3)5;;/h2*3-5,9H,1-2H3;5H2,1-3H3;1H;. The molecule has 0 fully saturated rings. The molecule has 0 bridgehead atoms. The molecule has 2 rings (SSSR count). The van der Waals surface area contributed by atoms with Crippen molar-refractivity contribution in [2.45, 2.75) is 53.6 Å². The number of benzene rings is 2. The first-order valence-electron chi connectivity index (χ1n) is 7.71. The molecule has 25 heavy (non-hydrogen) atoms. The zero-order valence-corrected chi connectivity index (χ0v) is 19.5. The van der Waals surface area contributed by atoms with E-state index in [2.05, 4.69) is 30.0 Å². The number of hydrogen-bond donors (Lipinski definition) is 2. The monoisotopic (exact) mass is 422 g/mol. The molecular formula is C20H32ClCrO2P. The first-order valence-corrected chi connectivity index (χ1v) is 8.29. The van der Waals surface area contributed by atoms with E-state index in [0.717, 1.165) is 11.1 Å². The molecular weight excluding hydrogens is 391 g/mol. The van der Waals surface area contributed by atoms with Crippen LogP contribution in [0.5, 0.6) is 11.5 Å². The quantitative estimate of drug-likeness (QED) is 0.504. The predicted octanol–water partition coefficient (Wildman–Crippen LogP) is 6.10. The van der Waals surface area contributed by atoms with E-state index in [1.807, 2.05) is 52.0 Å². The van der Waals surface area contributed by atoms with Crippen molar-refractivity contribution in [1.82, 2.24) is 0 Å². The van der Waals surface area contributed by atoms with Gasteiger partial charge < -0.3 is 10.2 Å². The van der Waals surface area contributed by atoms with E-state index in [4.69, 9.17) is 10.2 Å². The zero-order chi connectivity index (χ0) is 18.2. The zero-order valence-electron chi connectivity index (χ0n) is 16.3. The third-order valence-electron chi connectivity index (χ3n) is 2.70. The maximum absolute atomic E-state index is 9.04. The average molecular weight is 423 g/mol. The van der Waals surface area contributed by atoms with Gasteiger partial charge in [0, 0.05) is 17.4 Å². The number of halogens is 1. The number of phenols is 2. The van der Waals surface area contributed by atoms with E-state index >= 15 is 0 Å². The summed E-state index contributed by atoms with van der Waals surface area (Å²) < 4.78 is 0. The second-order valence-electron chi connectivity index (χ2n) is 6.95. The Bertz CT molecular complexity index is 570. The van der Waals surface area contributed by atoms with Crippen molar-refractivity contribution in [3.8, 4) is 11.5 Å². The number of aromatic hydroxyl groups is 2.